The monoisotopic (exact) mass is 362 g/mol. The Labute approximate surface area is 159 Å². The Morgan fingerprint density at radius 1 is 0.963 bits per heavy atom. The van der Waals surface area contributed by atoms with Gasteiger partial charge >= 0.3 is 0 Å². The van der Waals surface area contributed by atoms with Gasteiger partial charge in [-0.1, -0.05) is 54.6 Å². The summed E-state index contributed by atoms with van der Waals surface area (Å²) < 4.78 is 13.1. The summed E-state index contributed by atoms with van der Waals surface area (Å²) in [5.74, 6) is -0.400. The zero-order chi connectivity index (χ0) is 19.2. The first-order valence-electron chi connectivity index (χ1n) is 8.94. The van der Waals surface area contributed by atoms with E-state index < -0.39 is 6.04 Å². The van der Waals surface area contributed by atoms with Crippen molar-refractivity contribution in [1.29, 1.82) is 0 Å². The number of aryl methyl sites for hydroxylation is 2. The number of carbonyl (C=O) groups excluding carboxylic acids is 1. The molecule has 0 aliphatic heterocycles. The van der Waals surface area contributed by atoms with E-state index in [0.717, 1.165) is 27.9 Å². The van der Waals surface area contributed by atoms with E-state index in [9.17, 15) is 9.18 Å². The Bertz CT molecular complexity index is 907. The minimum atomic E-state index is -0.517. The lowest BCUT2D eigenvalue weighted by Crippen LogP contribution is -2.33. The van der Waals surface area contributed by atoms with Crippen molar-refractivity contribution in [2.45, 2.75) is 26.4 Å². The number of nitrogens with one attached hydrogen (secondary N) is 2. The van der Waals surface area contributed by atoms with Gasteiger partial charge in [-0.2, -0.15) is 0 Å². The average Bonchev–Trinajstić information content (AvgIpc) is 2.67. The van der Waals surface area contributed by atoms with Gasteiger partial charge in [0.1, 0.15) is 11.9 Å². The van der Waals surface area contributed by atoms with Crippen molar-refractivity contribution >= 4 is 11.6 Å². The van der Waals surface area contributed by atoms with Crippen LogP contribution in [-0.2, 0) is 11.3 Å². The quantitative estimate of drug-likeness (QED) is 0.654. The van der Waals surface area contributed by atoms with Gasteiger partial charge < -0.3 is 5.32 Å². The molecule has 0 fully saturated rings. The largest absolute Gasteiger partial charge is 0.324 e. The Morgan fingerprint density at radius 2 is 1.67 bits per heavy atom. The molecule has 3 aromatic rings. The second-order valence-electron chi connectivity index (χ2n) is 6.66. The molecule has 0 aliphatic rings. The fraction of sp³-hybridized carbons (Fsp3) is 0.174. The van der Waals surface area contributed by atoms with Crippen molar-refractivity contribution in [1.82, 2.24) is 5.32 Å². The van der Waals surface area contributed by atoms with Crippen molar-refractivity contribution in [3.8, 4) is 0 Å². The second kappa shape index (κ2) is 8.60. The molecule has 0 bridgehead atoms. The van der Waals surface area contributed by atoms with Gasteiger partial charge in [0.15, 0.2) is 0 Å². The third-order valence-electron chi connectivity index (χ3n) is 4.47. The smallest absolute Gasteiger partial charge is 0.246 e. The summed E-state index contributed by atoms with van der Waals surface area (Å²) in [6.45, 7) is 4.43. The van der Waals surface area contributed by atoms with Crippen LogP contribution >= 0.6 is 0 Å². The predicted molar refractivity (Wildman–Crippen MR) is 107 cm³/mol. The highest BCUT2D eigenvalue weighted by molar-refractivity contribution is 5.96. The van der Waals surface area contributed by atoms with Crippen molar-refractivity contribution < 1.29 is 9.18 Å². The van der Waals surface area contributed by atoms with Gasteiger partial charge in [0.25, 0.3) is 0 Å². The highest BCUT2D eigenvalue weighted by Gasteiger charge is 2.20. The van der Waals surface area contributed by atoms with Gasteiger partial charge in [-0.25, -0.2) is 4.39 Å². The fourth-order valence-electron chi connectivity index (χ4n) is 2.90. The molecule has 0 spiro atoms. The summed E-state index contributed by atoms with van der Waals surface area (Å²) in [6, 6.07) is 21.3. The minimum absolute atomic E-state index is 0.128. The Morgan fingerprint density at radius 3 is 2.37 bits per heavy atom. The van der Waals surface area contributed by atoms with Crippen molar-refractivity contribution in [3.05, 3.63) is 101 Å². The van der Waals surface area contributed by atoms with E-state index in [-0.39, 0.29) is 11.7 Å². The number of amides is 1. The second-order valence-corrected chi connectivity index (χ2v) is 6.66. The Kier molecular flexibility index (Phi) is 5.99. The summed E-state index contributed by atoms with van der Waals surface area (Å²) in [7, 11) is 0. The molecule has 1 amide bonds. The molecule has 27 heavy (non-hydrogen) atoms. The summed E-state index contributed by atoms with van der Waals surface area (Å²) in [6.07, 6.45) is 0. The number of hydrogen-bond donors (Lipinski definition) is 2. The number of halogens is 1. The normalized spacial score (nSPS) is 11.8. The summed E-state index contributed by atoms with van der Waals surface area (Å²) >= 11 is 0. The first-order valence-corrected chi connectivity index (χ1v) is 8.94. The Hall–Kier alpha value is -2.98. The zero-order valence-corrected chi connectivity index (χ0v) is 15.5. The molecule has 1 atom stereocenters. The topological polar surface area (TPSA) is 41.1 Å². The number of carbonyl (C=O) groups is 1. The lowest BCUT2D eigenvalue weighted by atomic mass is 10.0. The maximum Gasteiger partial charge on any atom is 0.246 e. The molecule has 4 heteroatoms. The molecule has 2 N–H and O–H groups in total. The van der Waals surface area contributed by atoms with Crippen LogP contribution in [-0.4, -0.2) is 5.91 Å². The number of rotatable bonds is 6. The summed E-state index contributed by atoms with van der Waals surface area (Å²) in [4.78, 5) is 13.0. The lowest BCUT2D eigenvalue weighted by Gasteiger charge is -2.20. The number of benzene rings is 3. The van der Waals surface area contributed by atoms with E-state index >= 15 is 0 Å². The number of hydrogen-bond acceptors (Lipinski definition) is 2. The SMILES string of the molecule is Cc1ccc(C)c(NC(=O)[C@H](NCc2ccc(F)cc2)c2ccccc2)c1. The summed E-state index contributed by atoms with van der Waals surface area (Å²) in [5.41, 5.74) is 4.70. The molecule has 3 rings (SSSR count). The molecule has 138 valence electrons. The molecule has 0 aromatic heterocycles. The van der Waals surface area contributed by atoms with E-state index in [1.807, 2.05) is 62.4 Å². The van der Waals surface area contributed by atoms with Gasteiger partial charge in [-0.3, -0.25) is 10.1 Å². The van der Waals surface area contributed by atoms with Crippen molar-refractivity contribution in [2.75, 3.05) is 5.32 Å². The van der Waals surface area contributed by atoms with Gasteiger partial charge in [0, 0.05) is 12.2 Å². The van der Waals surface area contributed by atoms with Crippen LogP contribution in [0, 0.1) is 19.7 Å². The summed E-state index contributed by atoms with van der Waals surface area (Å²) in [5, 5.41) is 6.32. The van der Waals surface area contributed by atoms with Crippen molar-refractivity contribution in [3.63, 3.8) is 0 Å². The van der Waals surface area contributed by atoms with Crippen LogP contribution in [0.5, 0.6) is 0 Å². The first-order chi connectivity index (χ1) is 13.0. The molecule has 3 nitrogen and oxygen atoms in total. The van der Waals surface area contributed by atoms with Crippen molar-refractivity contribution in [2.24, 2.45) is 0 Å². The molecule has 0 saturated heterocycles. The highest BCUT2D eigenvalue weighted by Crippen LogP contribution is 2.20. The maximum absolute atomic E-state index is 13.1. The van der Waals surface area contributed by atoms with E-state index in [1.54, 1.807) is 12.1 Å². The standard InChI is InChI=1S/C23H23FN2O/c1-16-8-9-17(2)21(14-16)26-23(27)22(19-6-4-3-5-7-19)25-15-18-10-12-20(24)13-11-18/h3-14,22,25H,15H2,1-2H3,(H,26,27)/t22-/m1/s1. The molecule has 0 aliphatic carbocycles. The van der Waals surface area contributed by atoms with Crippen LogP contribution in [0.4, 0.5) is 10.1 Å². The van der Waals surface area contributed by atoms with Crippen LogP contribution in [0.2, 0.25) is 0 Å². The van der Waals surface area contributed by atoms with Crippen LogP contribution < -0.4 is 10.6 Å². The average molecular weight is 362 g/mol. The highest BCUT2D eigenvalue weighted by atomic mass is 19.1. The maximum atomic E-state index is 13.1. The van der Waals surface area contributed by atoms with Gasteiger partial charge in [-0.05, 0) is 54.3 Å². The van der Waals surface area contributed by atoms with Gasteiger partial charge in [0.05, 0.1) is 0 Å². The molecule has 0 radical (unpaired) electrons. The molecule has 0 saturated carbocycles. The Balaban J connectivity index is 1.80. The number of anilines is 1. The van der Waals surface area contributed by atoms with Gasteiger partial charge in [0.2, 0.25) is 5.91 Å². The molecular formula is C23H23FN2O. The third-order valence-corrected chi connectivity index (χ3v) is 4.47. The van der Waals surface area contributed by atoms with Crippen LogP contribution in [0.1, 0.15) is 28.3 Å². The van der Waals surface area contributed by atoms with Crippen LogP contribution in [0.25, 0.3) is 0 Å². The predicted octanol–water partition coefficient (Wildman–Crippen LogP) is 4.91. The molecule has 3 aromatic carbocycles. The molecule has 0 heterocycles. The fourth-order valence-corrected chi connectivity index (χ4v) is 2.90. The molecular weight excluding hydrogens is 339 g/mol. The third kappa shape index (κ3) is 5.02. The molecule has 0 unspecified atom stereocenters. The van der Waals surface area contributed by atoms with E-state index in [0.29, 0.717) is 6.54 Å². The van der Waals surface area contributed by atoms with Crippen LogP contribution in [0.3, 0.4) is 0 Å². The minimum Gasteiger partial charge on any atom is -0.324 e. The van der Waals surface area contributed by atoms with E-state index in [4.69, 9.17) is 0 Å². The first kappa shape index (κ1) is 18.8. The van der Waals surface area contributed by atoms with Gasteiger partial charge in [-0.15, -0.1) is 0 Å². The van der Waals surface area contributed by atoms with Crippen LogP contribution in [0.15, 0.2) is 72.8 Å². The van der Waals surface area contributed by atoms with E-state index in [1.165, 1.54) is 12.1 Å². The lowest BCUT2D eigenvalue weighted by molar-refractivity contribution is -0.118. The zero-order valence-electron chi connectivity index (χ0n) is 15.5. The van der Waals surface area contributed by atoms with E-state index in [2.05, 4.69) is 10.6 Å².